The van der Waals surface area contributed by atoms with Crippen LogP contribution in [0.5, 0.6) is 11.5 Å². The normalized spacial score (nSPS) is 11.2. The van der Waals surface area contributed by atoms with E-state index in [9.17, 15) is 0 Å². The molecule has 0 unspecified atom stereocenters. The summed E-state index contributed by atoms with van der Waals surface area (Å²) in [5, 5.41) is 0. The van der Waals surface area contributed by atoms with Crippen LogP contribution in [0.4, 0.5) is 0 Å². The predicted octanol–water partition coefficient (Wildman–Crippen LogP) is 3.67. The van der Waals surface area contributed by atoms with Crippen molar-refractivity contribution in [2.24, 2.45) is 0 Å². The first-order chi connectivity index (χ1) is 6.42. The first-order valence-electron chi connectivity index (χ1n) is 4.45. The van der Waals surface area contributed by atoms with Crippen molar-refractivity contribution in [1.82, 2.24) is 0 Å². The highest BCUT2D eigenvalue weighted by molar-refractivity contribution is 9.10. The highest BCUT2D eigenvalue weighted by Gasteiger charge is 2.16. The highest BCUT2D eigenvalue weighted by Crippen LogP contribution is 2.29. The second-order valence-electron chi connectivity index (χ2n) is 4.01. The Kier molecular flexibility index (Phi) is 3.61. The fourth-order valence-corrected chi connectivity index (χ4v) is 2.42. The molecule has 78 valence electrons. The van der Waals surface area contributed by atoms with Crippen LogP contribution in [0.3, 0.4) is 0 Å². The molecular formula is C10H15BrO2Si. The van der Waals surface area contributed by atoms with E-state index < -0.39 is 8.32 Å². The van der Waals surface area contributed by atoms with Gasteiger partial charge in [0.05, 0.1) is 11.6 Å². The first-order valence-corrected chi connectivity index (χ1v) is 8.65. The molecule has 0 aliphatic carbocycles. The zero-order chi connectivity index (χ0) is 10.8. The second kappa shape index (κ2) is 4.36. The van der Waals surface area contributed by atoms with E-state index in [2.05, 4.69) is 35.6 Å². The lowest BCUT2D eigenvalue weighted by atomic mass is 10.3. The number of benzene rings is 1. The lowest BCUT2D eigenvalue weighted by molar-refractivity contribution is 0.411. The second-order valence-corrected chi connectivity index (χ2v) is 9.29. The monoisotopic (exact) mass is 274 g/mol. The van der Waals surface area contributed by atoms with E-state index in [1.165, 1.54) is 0 Å². The summed E-state index contributed by atoms with van der Waals surface area (Å²) in [6, 6.07) is 5.78. The van der Waals surface area contributed by atoms with Gasteiger partial charge in [-0.2, -0.15) is 0 Å². The van der Waals surface area contributed by atoms with Crippen molar-refractivity contribution in [2.45, 2.75) is 19.6 Å². The standard InChI is InChI=1S/C10H15BrO2Si/c1-12-10-6-5-8(7-9(10)11)13-14(2,3)4/h5-7H,1-4H3. The van der Waals surface area contributed by atoms with Gasteiger partial charge in [0, 0.05) is 0 Å². The number of hydrogen-bond acceptors (Lipinski definition) is 2. The average molecular weight is 275 g/mol. The Bertz CT molecular complexity index is 320. The van der Waals surface area contributed by atoms with Crippen LogP contribution in [0.15, 0.2) is 22.7 Å². The minimum Gasteiger partial charge on any atom is -0.544 e. The van der Waals surface area contributed by atoms with Crippen LogP contribution in [0.25, 0.3) is 0 Å². The quantitative estimate of drug-likeness (QED) is 0.783. The van der Waals surface area contributed by atoms with Crippen molar-refractivity contribution >= 4 is 24.2 Å². The Morgan fingerprint density at radius 1 is 1.21 bits per heavy atom. The van der Waals surface area contributed by atoms with Crippen molar-refractivity contribution in [1.29, 1.82) is 0 Å². The summed E-state index contributed by atoms with van der Waals surface area (Å²) in [4.78, 5) is 0. The third-order valence-electron chi connectivity index (χ3n) is 1.55. The van der Waals surface area contributed by atoms with E-state index >= 15 is 0 Å². The van der Waals surface area contributed by atoms with Crippen LogP contribution >= 0.6 is 15.9 Å². The van der Waals surface area contributed by atoms with Gasteiger partial charge in [0.15, 0.2) is 0 Å². The van der Waals surface area contributed by atoms with Crippen LogP contribution in [-0.4, -0.2) is 15.4 Å². The van der Waals surface area contributed by atoms with Gasteiger partial charge in [-0.3, -0.25) is 0 Å². The zero-order valence-corrected chi connectivity index (χ0v) is 11.5. The summed E-state index contributed by atoms with van der Waals surface area (Å²) >= 11 is 3.43. The topological polar surface area (TPSA) is 18.5 Å². The molecule has 0 bridgehead atoms. The van der Waals surface area contributed by atoms with Gasteiger partial charge in [-0.25, -0.2) is 0 Å². The molecular weight excluding hydrogens is 260 g/mol. The van der Waals surface area contributed by atoms with Crippen LogP contribution in [0.1, 0.15) is 0 Å². The molecule has 1 rings (SSSR count). The maximum atomic E-state index is 5.84. The third kappa shape index (κ3) is 3.34. The summed E-state index contributed by atoms with van der Waals surface area (Å²) in [6.07, 6.45) is 0. The van der Waals surface area contributed by atoms with Crippen LogP contribution < -0.4 is 9.16 Å². The third-order valence-corrected chi connectivity index (χ3v) is 3.02. The SMILES string of the molecule is COc1ccc(O[Si](C)(C)C)cc1Br. The summed E-state index contributed by atoms with van der Waals surface area (Å²) in [6.45, 7) is 6.47. The summed E-state index contributed by atoms with van der Waals surface area (Å²) in [7, 11) is 0.142. The molecule has 0 atom stereocenters. The predicted molar refractivity (Wildman–Crippen MR) is 64.7 cm³/mol. The molecule has 1 aromatic rings. The molecule has 1 aromatic carbocycles. The van der Waals surface area contributed by atoms with Gasteiger partial charge in [0.1, 0.15) is 11.5 Å². The minimum atomic E-state index is -1.51. The molecule has 0 aliphatic heterocycles. The van der Waals surface area contributed by atoms with E-state index in [0.717, 1.165) is 16.0 Å². The molecule has 14 heavy (non-hydrogen) atoms. The van der Waals surface area contributed by atoms with Crippen LogP contribution in [0, 0.1) is 0 Å². The number of rotatable bonds is 3. The molecule has 0 spiro atoms. The molecule has 0 fully saturated rings. The van der Waals surface area contributed by atoms with Gasteiger partial charge in [0.2, 0.25) is 8.32 Å². The van der Waals surface area contributed by atoms with E-state index in [1.54, 1.807) is 7.11 Å². The van der Waals surface area contributed by atoms with Gasteiger partial charge < -0.3 is 9.16 Å². The van der Waals surface area contributed by atoms with Gasteiger partial charge in [0.25, 0.3) is 0 Å². The van der Waals surface area contributed by atoms with Crippen molar-refractivity contribution < 1.29 is 9.16 Å². The van der Waals surface area contributed by atoms with Crippen molar-refractivity contribution in [3.63, 3.8) is 0 Å². The Labute approximate surface area is 94.5 Å². The van der Waals surface area contributed by atoms with E-state index in [-0.39, 0.29) is 0 Å². The fraction of sp³-hybridized carbons (Fsp3) is 0.400. The maximum Gasteiger partial charge on any atom is 0.242 e. The molecule has 0 amide bonds. The van der Waals surface area contributed by atoms with E-state index in [0.29, 0.717) is 0 Å². The van der Waals surface area contributed by atoms with Crippen LogP contribution in [0.2, 0.25) is 19.6 Å². The van der Waals surface area contributed by atoms with Gasteiger partial charge in [-0.05, 0) is 53.8 Å². The number of hydrogen-bond donors (Lipinski definition) is 0. The lowest BCUT2D eigenvalue weighted by Gasteiger charge is -2.19. The molecule has 2 nitrogen and oxygen atoms in total. The van der Waals surface area contributed by atoms with E-state index in [1.807, 2.05) is 18.2 Å². The molecule has 0 aliphatic rings. The van der Waals surface area contributed by atoms with Crippen molar-refractivity contribution in [3.8, 4) is 11.5 Å². The molecule has 4 heteroatoms. The molecule has 0 radical (unpaired) electrons. The fourth-order valence-electron chi connectivity index (χ4n) is 1.06. The summed E-state index contributed by atoms with van der Waals surface area (Å²) in [5.74, 6) is 1.73. The van der Waals surface area contributed by atoms with Gasteiger partial charge >= 0.3 is 0 Å². The maximum absolute atomic E-state index is 5.84. The molecule has 0 aromatic heterocycles. The Morgan fingerprint density at radius 3 is 2.29 bits per heavy atom. The van der Waals surface area contributed by atoms with Crippen molar-refractivity contribution in [3.05, 3.63) is 22.7 Å². The first kappa shape index (κ1) is 11.6. The number of methoxy groups -OCH3 is 1. The molecule has 0 N–H and O–H groups in total. The lowest BCUT2D eigenvalue weighted by Crippen LogP contribution is -2.29. The smallest absolute Gasteiger partial charge is 0.242 e. The minimum absolute atomic E-state index is 0.827. The number of ether oxygens (including phenoxy) is 1. The molecule has 0 saturated carbocycles. The molecule has 0 saturated heterocycles. The van der Waals surface area contributed by atoms with Gasteiger partial charge in [-0.1, -0.05) is 0 Å². The summed E-state index contributed by atoms with van der Waals surface area (Å²) in [5.41, 5.74) is 0. The Morgan fingerprint density at radius 2 is 1.86 bits per heavy atom. The van der Waals surface area contributed by atoms with Crippen molar-refractivity contribution in [2.75, 3.05) is 7.11 Å². The molecule has 0 heterocycles. The Hall–Kier alpha value is -0.483. The zero-order valence-electron chi connectivity index (χ0n) is 8.93. The Balaban J connectivity index is 2.87. The van der Waals surface area contributed by atoms with E-state index in [4.69, 9.17) is 9.16 Å². The van der Waals surface area contributed by atoms with Gasteiger partial charge in [-0.15, -0.1) is 0 Å². The largest absolute Gasteiger partial charge is 0.544 e. The average Bonchev–Trinajstić information content (AvgIpc) is 2.01. The van der Waals surface area contributed by atoms with Crippen LogP contribution in [-0.2, 0) is 0 Å². The summed E-state index contributed by atoms with van der Waals surface area (Å²) < 4.78 is 11.9. The highest BCUT2D eigenvalue weighted by atomic mass is 79.9. The number of halogens is 1.